The van der Waals surface area contributed by atoms with Crippen LogP contribution in [0.1, 0.15) is 43.2 Å². The zero-order valence-corrected chi connectivity index (χ0v) is 15.4. The number of ether oxygens (including phenoxy) is 1. The van der Waals surface area contributed by atoms with Gasteiger partial charge in [0.05, 0.1) is 18.2 Å². The molecule has 6 heteroatoms. The molecule has 0 radical (unpaired) electrons. The number of carbonyl (C=O) groups is 1. The summed E-state index contributed by atoms with van der Waals surface area (Å²) in [4.78, 5) is 21.8. The topological polar surface area (TPSA) is 45.7 Å². The molecule has 1 aromatic rings. The number of carbonyl (C=O) groups excluding carboxylic acids is 1. The molecule has 0 saturated carbocycles. The fourth-order valence-electron chi connectivity index (χ4n) is 3.38. The van der Waals surface area contributed by atoms with E-state index in [2.05, 4.69) is 37.6 Å². The summed E-state index contributed by atoms with van der Waals surface area (Å²) < 4.78 is 5.44. The van der Waals surface area contributed by atoms with Gasteiger partial charge < -0.3 is 9.64 Å². The van der Waals surface area contributed by atoms with Gasteiger partial charge in [-0.05, 0) is 5.92 Å². The van der Waals surface area contributed by atoms with Crippen LogP contribution in [0.25, 0.3) is 0 Å². The number of hydrogen-bond acceptors (Lipinski definition) is 5. The van der Waals surface area contributed by atoms with Gasteiger partial charge in [0.15, 0.2) is 0 Å². The van der Waals surface area contributed by atoms with Crippen molar-refractivity contribution in [1.82, 2.24) is 14.8 Å². The Balaban J connectivity index is 1.67. The number of likely N-dealkylation sites (tertiary alicyclic amines) is 1. The molecule has 0 unspecified atom stereocenters. The van der Waals surface area contributed by atoms with E-state index in [0.29, 0.717) is 17.7 Å². The SMILES string of the molecule is C[C@@H]1CN(C(=O)c2csc(C(C)(C)C)n2)C[C@@H]1N1CCOCC1. The number of nitrogens with zero attached hydrogens (tertiary/aromatic N) is 3. The maximum atomic E-state index is 12.8. The number of thiazole rings is 1. The molecule has 3 heterocycles. The summed E-state index contributed by atoms with van der Waals surface area (Å²) >= 11 is 1.59. The summed E-state index contributed by atoms with van der Waals surface area (Å²) in [5.41, 5.74) is 0.604. The second-order valence-corrected chi connectivity index (χ2v) is 8.55. The van der Waals surface area contributed by atoms with E-state index in [4.69, 9.17) is 4.74 Å². The third-order valence-corrected chi connectivity index (χ3v) is 6.01. The molecule has 2 aliphatic rings. The van der Waals surface area contributed by atoms with Crippen molar-refractivity contribution in [2.45, 2.75) is 39.2 Å². The molecule has 3 rings (SSSR count). The van der Waals surface area contributed by atoms with Crippen LogP contribution in [0.2, 0.25) is 0 Å². The lowest BCUT2D eigenvalue weighted by atomic mass is 9.98. The van der Waals surface area contributed by atoms with Crippen molar-refractivity contribution in [2.24, 2.45) is 5.92 Å². The van der Waals surface area contributed by atoms with Crippen molar-refractivity contribution in [3.63, 3.8) is 0 Å². The molecule has 128 valence electrons. The minimum atomic E-state index is -0.00215. The van der Waals surface area contributed by atoms with E-state index in [0.717, 1.165) is 44.4 Å². The molecule has 0 aromatic carbocycles. The maximum absolute atomic E-state index is 12.8. The average molecular weight is 337 g/mol. The molecular weight excluding hydrogens is 310 g/mol. The van der Waals surface area contributed by atoms with Crippen LogP contribution in [0.5, 0.6) is 0 Å². The molecule has 2 aliphatic heterocycles. The molecular formula is C17H27N3O2S. The lowest BCUT2D eigenvalue weighted by Crippen LogP contribution is -2.47. The van der Waals surface area contributed by atoms with Gasteiger partial charge in [0, 0.05) is 43.0 Å². The van der Waals surface area contributed by atoms with Crippen molar-refractivity contribution >= 4 is 17.2 Å². The third-order valence-electron chi connectivity index (χ3n) is 4.74. The van der Waals surface area contributed by atoms with Gasteiger partial charge in [-0.3, -0.25) is 9.69 Å². The van der Waals surface area contributed by atoms with Crippen molar-refractivity contribution in [3.05, 3.63) is 16.1 Å². The third kappa shape index (κ3) is 3.59. The van der Waals surface area contributed by atoms with Crippen molar-refractivity contribution in [3.8, 4) is 0 Å². The molecule has 2 atom stereocenters. The largest absolute Gasteiger partial charge is 0.379 e. The van der Waals surface area contributed by atoms with Gasteiger partial charge in [0.2, 0.25) is 0 Å². The highest BCUT2D eigenvalue weighted by Crippen LogP contribution is 2.28. The zero-order valence-electron chi connectivity index (χ0n) is 14.5. The quantitative estimate of drug-likeness (QED) is 0.830. The molecule has 23 heavy (non-hydrogen) atoms. The molecule has 1 amide bonds. The van der Waals surface area contributed by atoms with Crippen LogP contribution in [0.4, 0.5) is 0 Å². The average Bonchev–Trinajstić information content (AvgIpc) is 3.14. The summed E-state index contributed by atoms with van der Waals surface area (Å²) in [7, 11) is 0. The highest BCUT2D eigenvalue weighted by atomic mass is 32.1. The van der Waals surface area contributed by atoms with E-state index in [1.54, 1.807) is 11.3 Å². The highest BCUT2D eigenvalue weighted by molar-refractivity contribution is 7.10. The number of rotatable bonds is 2. The van der Waals surface area contributed by atoms with Crippen LogP contribution < -0.4 is 0 Å². The summed E-state index contributed by atoms with van der Waals surface area (Å²) in [5.74, 6) is 0.581. The maximum Gasteiger partial charge on any atom is 0.273 e. The minimum absolute atomic E-state index is 0.00215. The lowest BCUT2D eigenvalue weighted by molar-refractivity contribution is 0.0119. The summed E-state index contributed by atoms with van der Waals surface area (Å²) in [6.07, 6.45) is 0. The first-order valence-corrected chi connectivity index (χ1v) is 9.31. The van der Waals surface area contributed by atoms with Gasteiger partial charge >= 0.3 is 0 Å². The van der Waals surface area contributed by atoms with Gasteiger partial charge in [-0.15, -0.1) is 11.3 Å². The molecule has 1 aromatic heterocycles. The Morgan fingerprint density at radius 3 is 2.61 bits per heavy atom. The Hall–Kier alpha value is -0.980. The normalized spacial score (nSPS) is 26.7. The van der Waals surface area contributed by atoms with Gasteiger partial charge in [-0.2, -0.15) is 0 Å². The number of aromatic nitrogens is 1. The molecule has 2 fully saturated rings. The lowest BCUT2D eigenvalue weighted by Gasteiger charge is -2.33. The van der Waals surface area contributed by atoms with E-state index < -0.39 is 0 Å². The Kier molecular flexibility index (Phi) is 4.76. The van der Waals surface area contributed by atoms with Gasteiger partial charge in [0.25, 0.3) is 5.91 Å². The first kappa shape index (κ1) is 16.9. The monoisotopic (exact) mass is 337 g/mol. The molecule has 2 saturated heterocycles. The van der Waals surface area contributed by atoms with Gasteiger partial charge in [-0.1, -0.05) is 27.7 Å². The van der Waals surface area contributed by atoms with Crippen LogP contribution in [0.15, 0.2) is 5.38 Å². The summed E-state index contributed by atoms with van der Waals surface area (Å²) in [5, 5.41) is 2.94. The van der Waals surface area contributed by atoms with Crippen LogP contribution in [-0.4, -0.2) is 66.1 Å². The predicted octanol–water partition coefficient (Wildman–Crippen LogP) is 2.23. The van der Waals surface area contributed by atoms with E-state index in [1.807, 2.05) is 10.3 Å². The number of morpholine rings is 1. The number of hydrogen-bond donors (Lipinski definition) is 0. The van der Waals surface area contributed by atoms with E-state index in [1.165, 1.54) is 0 Å². The second-order valence-electron chi connectivity index (χ2n) is 7.69. The Morgan fingerprint density at radius 1 is 1.30 bits per heavy atom. The van der Waals surface area contributed by atoms with Crippen LogP contribution in [0, 0.1) is 5.92 Å². The fraction of sp³-hybridized carbons (Fsp3) is 0.765. The van der Waals surface area contributed by atoms with Gasteiger partial charge in [-0.25, -0.2) is 4.98 Å². The number of amides is 1. The zero-order chi connectivity index (χ0) is 16.6. The molecule has 5 nitrogen and oxygen atoms in total. The molecule has 0 aliphatic carbocycles. The van der Waals surface area contributed by atoms with Crippen molar-refractivity contribution < 1.29 is 9.53 Å². The van der Waals surface area contributed by atoms with E-state index >= 15 is 0 Å². The Labute approximate surface area is 142 Å². The predicted molar refractivity (Wildman–Crippen MR) is 92.1 cm³/mol. The first-order chi connectivity index (χ1) is 10.9. The van der Waals surface area contributed by atoms with E-state index in [-0.39, 0.29) is 11.3 Å². The Bertz CT molecular complexity index is 560. The minimum Gasteiger partial charge on any atom is -0.379 e. The van der Waals surface area contributed by atoms with Crippen LogP contribution >= 0.6 is 11.3 Å². The fourth-order valence-corrected chi connectivity index (χ4v) is 4.26. The van der Waals surface area contributed by atoms with Crippen LogP contribution in [0.3, 0.4) is 0 Å². The van der Waals surface area contributed by atoms with Crippen LogP contribution in [-0.2, 0) is 10.2 Å². The van der Waals surface area contributed by atoms with Crippen molar-refractivity contribution in [1.29, 1.82) is 0 Å². The summed E-state index contributed by atoms with van der Waals surface area (Å²) in [6.45, 7) is 13.8. The van der Waals surface area contributed by atoms with Crippen molar-refractivity contribution in [2.75, 3.05) is 39.4 Å². The second kappa shape index (κ2) is 6.49. The van der Waals surface area contributed by atoms with Gasteiger partial charge in [0.1, 0.15) is 5.69 Å². The molecule has 0 N–H and O–H groups in total. The highest BCUT2D eigenvalue weighted by Gasteiger charge is 2.37. The smallest absolute Gasteiger partial charge is 0.273 e. The standard InChI is InChI=1S/C17H27N3O2S/c1-12-9-20(10-14(12)19-5-7-22-8-6-19)15(21)13-11-23-16(18-13)17(2,3)4/h11-12,14H,5-10H2,1-4H3/t12-,14+/m1/s1. The first-order valence-electron chi connectivity index (χ1n) is 8.43. The molecule has 0 bridgehead atoms. The molecule has 0 spiro atoms. The summed E-state index contributed by atoms with van der Waals surface area (Å²) in [6, 6.07) is 0.448. The van der Waals surface area contributed by atoms with E-state index in [9.17, 15) is 4.79 Å². The Morgan fingerprint density at radius 2 is 2.00 bits per heavy atom.